The fourth-order valence-electron chi connectivity index (χ4n) is 2.87. The van der Waals surface area contributed by atoms with Crippen LogP contribution in [0.1, 0.15) is 46.5 Å². The normalized spacial score (nSPS) is 22.2. The van der Waals surface area contributed by atoms with Crippen LogP contribution in [0.5, 0.6) is 6.01 Å². The zero-order valence-electron chi connectivity index (χ0n) is 14.7. The average molecular weight is 386 g/mol. The van der Waals surface area contributed by atoms with Gasteiger partial charge in [-0.1, -0.05) is 11.6 Å². The molecular weight excluding hydrogens is 362 g/mol. The molecule has 0 bridgehead atoms. The Bertz CT molecular complexity index is 850. The Morgan fingerprint density at radius 1 is 1.24 bits per heavy atom. The molecule has 0 unspecified atom stereocenters. The molecule has 6 nitrogen and oxygen atoms in total. The highest BCUT2D eigenvalue weighted by molar-refractivity contribution is 7.90. The van der Waals surface area contributed by atoms with Gasteiger partial charge in [0.2, 0.25) is 10.0 Å². The molecule has 2 N–H and O–H groups in total. The molecule has 3 rings (SSSR count). The van der Waals surface area contributed by atoms with Crippen molar-refractivity contribution in [2.24, 2.45) is 0 Å². The predicted octanol–water partition coefficient (Wildman–Crippen LogP) is 3.62. The predicted molar refractivity (Wildman–Crippen MR) is 99.6 cm³/mol. The van der Waals surface area contributed by atoms with Gasteiger partial charge in [0.15, 0.2) is 0 Å². The van der Waals surface area contributed by atoms with Crippen LogP contribution in [0, 0.1) is 0 Å². The van der Waals surface area contributed by atoms with Crippen LogP contribution in [-0.2, 0) is 10.0 Å². The summed E-state index contributed by atoms with van der Waals surface area (Å²) < 4.78 is 32.5. The zero-order chi connectivity index (χ0) is 18.2. The van der Waals surface area contributed by atoms with Gasteiger partial charge in [-0.2, -0.15) is 4.98 Å². The van der Waals surface area contributed by atoms with Crippen LogP contribution in [0.15, 0.2) is 18.2 Å². The van der Waals surface area contributed by atoms with E-state index >= 15 is 0 Å². The lowest BCUT2D eigenvalue weighted by Crippen LogP contribution is -2.46. The molecule has 0 spiro atoms. The Balaban J connectivity index is 1.57. The molecule has 2 aromatic rings. The number of nitrogens with zero attached hydrogens (tertiary/aromatic N) is 1. The highest BCUT2D eigenvalue weighted by atomic mass is 35.5. The second-order valence-corrected chi connectivity index (χ2v) is 10.4. The molecule has 1 aliphatic rings. The molecule has 8 heteroatoms. The second-order valence-electron chi connectivity index (χ2n) is 7.53. The fourth-order valence-corrected chi connectivity index (χ4v) is 4.07. The van der Waals surface area contributed by atoms with Gasteiger partial charge in [0, 0.05) is 11.1 Å². The van der Waals surface area contributed by atoms with Crippen LogP contribution in [0.3, 0.4) is 0 Å². The summed E-state index contributed by atoms with van der Waals surface area (Å²) in [4.78, 5) is 7.53. The van der Waals surface area contributed by atoms with Crippen LogP contribution >= 0.6 is 11.6 Å². The lowest BCUT2D eigenvalue weighted by molar-refractivity contribution is 0.134. The summed E-state index contributed by atoms with van der Waals surface area (Å²) in [6.45, 7) is 5.12. The third-order valence-corrected chi connectivity index (χ3v) is 6.99. The molecule has 1 aliphatic carbocycles. The number of hydrogen-bond donors (Lipinski definition) is 2. The molecule has 1 saturated carbocycles. The minimum atomic E-state index is -3.32. The maximum atomic E-state index is 12.3. The molecule has 0 atom stereocenters. The summed E-state index contributed by atoms with van der Waals surface area (Å²) in [6, 6.07) is 5.91. The Hall–Kier alpha value is -1.31. The Morgan fingerprint density at radius 3 is 2.56 bits per heavy atom. The topological polar surface area (TPSA) is 84.1 Å². The smallest absolute Gasteiger partial charge is 0.294 e. The standard InChI is InChI=1S/C17H24ClN3O3S/c1-17(2,3)25(22,23)21-12-5-7-13(8-6-12)24-16-19-14-9-4-11(18)10-15(14)20-16/h4,9-10,12-13,21H,5-8H2,1-3H3,(H,19,20). The van der Waals surface area contributed by atoms with Crippen LogP contribution in [0.2, 0.25) is 5.02 Å². The maximum absolute atomic E-state index is 12.3. The Morgan fingerprint density at radius 2 is 1.92 bits per heavy atom. The first kappa shape index (κ1) is 18.5. The van der Waals surface area contributed by atoms with E-state index in [4.69, 9.17) is 16.3 Å². The van der Waals surface area contributed by atoms with Crippen molar-refractivity contribution in [3.63, 3.8) is 0 Å². The number of imidazole rings is 1. The summed E-state index contributed by atoms with van der Waals surface area (Å²) >= 11 is 5.98. The van der Waals surface area contributed by atoms with Crippen molar-refractivity contribution in [3.05, 3.63) is 23.2 Å². The van der Waals surface area contributed by atoms with Crippen molar-refractivity contribution in [2.45, 2.75) is 63.3 Å². The Kier molecular flexibility index (Phi) is 5.01. The molecule has 1 fully saturated rings. The number of aromatic amines is 1. The molecule has 0 saturated heterocycles. The van der Waals surface area contributed by atoms with Crippen molar-refractivity contribution in [1.82, 2.24) is 14.7 Å². The number of H-pyrrole nitrogens is 1. The summed E-state index contributed by atoms with van der Waals surface area (Å²) in [6.07, 6.45) is 3.12. The van der Waals surface area contributed by atoms with Crippen molar-refractivity contribution in [2.75, 3.05) is 0 Å². The van der Waals surface area contributed by atoms with Gasteiger partial charge < -0.3 is 9.72 Å². The number of benzene rings is 1. The third-order valence-electron chi connectivity index (χ3n) is 4.50. The van der Waals surface area contributed by atoms with Crippen molar-refractivity contribution < 1.29 is 13.2 Å². The van der Waals surface area contributed by atoms with Crippen LogP contribution < -0.4 is 9.46 Å². The molecule has 1 aromatic heterocycles. The van der Waals surface area contributed by atoms with Gasteiger partial charge in [-0.3, -0.25) is 0 Å². The molecule has 0 amide bonds. The van der Waals surface area contributed by atoms with Gasteiger partial charge in [-0.25, -0.2) is 13.1 Å². The SMILES string of the molecule is CC(C)(C)S(=O)(=O)NC1CCC(Oc2nc3ccc(Cl)cc3[nH]2)CC1. The quantitative estimate of drug-likeness (QED) is 0.841. The summed E-state index contributed by atoms with van der Waals surface area (Å²) in [5, 5.41) is 0.648. The van der Waals surface area contributed by atoms with E-state index in [-0.39, 0.29) is 12.1 Å². The largest absolute Gasteiger partial charge is 0.461 e. The van der Waals surface area contributed by atoms with Gasteiger partial charge in [0.25, 0.3) is 6.01 Å². The van der Waals surface area contributed by atoms with E-state index in [1.54, 1.807) is 26.8 Å². The first-order chi connectivity index (χ1) is 11.6. The third kappa shape index (κ3) is 4.27. The van der Waals surface area contributed by atoms with E-state index in [0.29, 0.717) is 11.0 Å². The van der Waals surface area contributed by atoms with E-state index in [1.165, 1.54) is 0 Å². The average Bonchev–Trinajstić information content (AvgIpc) is 2.89. The lowest BCUT2D eigenvalue weighted by atomic mass is 9.94. The highest BCUT2D eigenvalue weighted by Gasteiger charge is 2.33. The molecule has 0 radical (unpaired) electrons. The zero-order valence-corrected chi connectivity index (χ0v) is 16.2. The van der Waals surface area contributed by atoms with Gasteiger partial charge in [-0.15, -0.1) is 0 Å². The number of fused-ring (bicyclic) bond motifs is 1. The van der Waals surface area contributed by atoms with Crippen molar-refractivity contribution >= 4 is 32.7 Å². The first-order valence-corrected chi connectivity index (χ1v) is 10.3. The number of nitrogens with one attached hydrogen (secondary N) is 2. The highest BCUT2D eigenvalue weighted by Crippen LogP contribution is 2.26. The van der Waals surface area contributed by atoms with E-state index in [2.05, 4.69) is 14.7 Å². The number of ether oxygens (including phenoxy) is 1. The van der Waals surface area contributed by atoms with E-state index in [0.717, 1.165) is 36.7 Å². The van der Waals surface area contributed by atoms with Crippen LogP contribution in [0.4, 0.5) is 0 Å². The van der Waals surface area contributed by atoms with E-state index < -0.39 is 14.8 Å². The van der Waals surface area contributed by atoms with Crippen LogP contribution in [0.25, 0.3) is 11.0 Å². The van der Waals surface area contributed by atoms with E-state index in [1.807, 2.05) is 12.1 Å². The summed E-state index contributed by atoms with van der Waals surface area (Å²) in [7, 11) is -3.32. The molecule has 1 heterocycles. The number of hydrogen-bond acceptors (Lipinski definition) is 4. The van der Waals surface area contributed by atoms with Crippen molar-refractivity contribution in [1.29, 1.82) is 0 Å². The minimum Gasteiger partial charge on any atom is -0.461 e. The number of halogens is 1. The maximum Gasteiger partial charge on any atom is 0.294 e. The Labute approximate surface area is 153 Å². The van der Waals surface area contributed by atoms with Gasteiger partial charge in [0.1, 0.15) is 6.10 Å². The molecule has 25 heavy (non-hydrogen) atoms. The van der Waals surface area contributed by atoms with Gasteiger partial charge in [0.05, 0.1) is 15.8 Å². The number of rotatable bonds is 4. The van der Waals surface area contributed by atoms with Gasteiger partial charge >= 0.3 is 0 Å². The number of sulfonamides is 1. The van der Waals surface area contributed by atoms with Gasteiger partial charge in [-0.05, 0) is 64.7 Å². The first-order valence-electron chi connectivity index (χ1n) is 8.48. The molecule has 138 valence electrons. The van der Waals surface area contributed by atoms with Crippen LogP contribution in [-0.4, -0.2) is 35.3 Å². The number of aromatic nitrogens is 2. The molecule has 0 aliphatic heterocycles. The lowest BCUT2D eigenvalue weighted by Gasteiger charge is -2.31. The molecule has 1 aromatic carbocycles. The van der Waals surface area contributed by atoms with Crippen molar-refractivity contribution in [3.8, 4) is 6.01 Å². The summed E-state index contributed by atoms with van der Waals surface area (Å²) in [5.41, 5.74) is 1.65. The fraction of sp³-hybridized carbons (Fsp3) is 0.588. The monoisotopic (exact) mass is 385 g/mol. The minimum absolute atomic E-state index is 0.0291. The second kappa shape index (κ2) is 6.78. The van der Waals surface area contributed by atoms with E-state index in [9.17, 15) is 8.42 Å². The summed E-state index contributed by atoms with van der Waals surface area (Å²) in [5.74, 6) is 0. The molecular formula is C17H24ClN3O3S.